The Balaban J connectivity index is 1.66. The lowest BCUT2D eigenvalue weighted by Gasteiger charge is -2.17. The second-order valence-corrected chi connectivity index (χ2v) is 7.39. The third-order valence-electron chi connectivity index (χ3n) is 4.90. The Bertz CT molecular complexity index is 1270. The van der Waals surface area contributed by atoms with Crippen LogP contribution in [-0.4, -0.2) is 25.6 Å². The minimum absolute atomic E-state index is 0.00709. The number of nitrogens with one attached hydrogen (secondary N) is 1. The van der Waals surface area contributed by atoms with Crippen LogP contribution in [0.4, 0.5) is 0 Å². The van der Waals surface area contributed by atoms with Crippen molar-refractivity contribution in [2.45, 2.75) is 26.8 Å². The van der Waals surface area contributed by atoms with Gasteiger partial charge in [-0.15, -0.1) is 0 Å². The molecule has 0 aliphatic heterocycles. The van der Waals surface area contributed by atoms with Crippen LogP contribution in [0.15, 0.2) is 50.3 Å². The highest BCUT2D eigenvalue weighted by atomic mass is 16.5. The molecule has 0 radical (unpaired) electrons. The number of aryl methyl sites for hydroxylation is 2. The third kappa shape index (κ3) is 3.49. The first kappa shape index (κ1) is 19.6. The minimum Gasteiger partial charge on any atom is -0.459 e. The summed E-state index contributed by atoms with van der Waals surface area (Å²) >= 11 is 0. The Hall–Kier alpha value is -3.75. The van der Waals surface area contributed by atoms with Gasteiger partial charge in [0, 0.05) is 12.6 Å². The summed E-state index contributed by atoms with van der Waals surface area (Å²) in [6, 6.07) is 8.17. The van der Waals surface area contributed by atoms with Gasteiger partial charge in [0.25, 0.3) is 11.5 Å². The number of carbonyl (C=O) groups excluding carboxylic acids is 1. The van der Waals surface area contributed by atoms with Crippen LogP contribution in [-0.2, 0) is 7.05 Å². The van der Waals surface area contributed by atoms with E-state index < -0.39 is 6.04 Å². The fraction of sp³-hybridized carbons (Fsp3) is 0.286. The number of amides is 1. The van der Waals surface area contributed by atoms with Crippen LogP contribution in [0.2, 0.25) is 0 Å². The molecule has 9 heteroatoms. The number of hydrogen-bond donors (Lipinski definition) is 1. The summed E-state index contributed by atoms with van der Waals surface area (Å²) in [5.74, 6) is 0.530. The maximum Gasteiger partial charge on any atom is 0.287 e. The van der Waals surface area contributed by atoms with Crippen LogP contribution < -0.4 is 10.9 Å². The molecule has 0 aliphatic rings. The Morgan fingerprint density at radius 1 is 1.20 bits per heavy atom. The molecule has 30 heavy (non-hydrogen) atoms. The predicted octanol–water partition coefficient (Wildman–Crippen LogP) is 3.01. The minimum atomic E-state index is -0.481. The van der Waals surface area contributed by atoms with E-state index in [4.69, 9.17) is 8.94 Å². The second-order valence-electron chi connectivity index (χ2n) is 7.39. The van der Waals surface area contributed by atoms with E-state index in [0.29, 0.717) is 34.0 Å². The number of furan rings is 1. The van der Waals surface area contributed by atoms with Gasteiger partial charge in [0.1, 0.15) is 11.7 Å². The summed E-state index contributed by atoms with van der Waals surface area (Å²) in [7, 11) is 1.71. The summed E-state index contributed by atoms with van der Waals surface area (Å²) in [5.41, 5.74) is 2.34. The molecule has 154 valence electrons. The molecule has 4 rings (SSSR count). The molecular formula is C21H21N5O4. The second kappa shape index (κ2) is 7.58. The lowest BCUT2D eigenvalue weighted by Crippen LogP contribution is -2.31. The first-order valence-electron chi connectivity index (χ1n) is 9.51. The normalized spacial score (nSPS) is 12.4. The fourth-order valence-electron chi connectivity index (χ4n) is 3.23. The third-order valence-corrected chi connectivity index (χ3v) is 4.90. The van der Waals surface area contributed by atoms with E-state index in [2.05, 4.69) is 20.4 Å². The summed E-state index contributed by atoms with van der Waals surface area (Å²) in [6.07, 6.45) is 1.44. The van der Waals surface area contributed by atoms with Crippen LogP contribution in [0.25, 0.3) is 22.4 Å². The molecule has 3 heterocycles. The SMILES string of the molecule is Cc1nc2cc(-c3noc([C@@H](NC(=O)c4ccco4)C(C)C)n3)ccc2n(C)c1=O. The summed E-state index contributed by atoms with van der Waals surface area (Å²) < 4.78 is 12.2. The summed E-state index contributed by atoms with van der Waals surface area (Å²) in [5, 5.41) is 6.94. The van der Waals surface area contributed by atoms with Crippen molar-refractivity contribution in [3.63, 3.8) is 0 Å². The average Bonchev–Trinajstić information content (AvgIpc) is 3.42. The molecule has 1 atom stereocenters. The van der Waals surface area contributed by atoms with Crippen molar-refractivity contribution < 1.29 is 13.7 Å². The maximum atomic E-state index is 12.4. The molecule has 9 nitrogen and oxygen atoms in total. The van der Waals surface area contributed by atoms with Gasteiger partial charge in [-0.2, -0.15) is 4.98 Å². The highest BCUT2D eigenvalue weighted by Crippen LogP contribution is 2.25. The van der Waals surface area contributed by atoms with Gasteiger partial charge in [0.2, 0.25) is 11.7 Å². The molecule has 1 amide bonds. The number of rotatable bonds is 5. The smallest absolute Gasteiger partial charge is 0.287 e. The predicted molar refractivity (Wildman–Crippen MR) is 109 cm³/mol. The zero-order valence-electron chi connectivity index (χ0n) is 17.0. The molecule has 0 fully saturated rings. The molecule has 0 unspecified atom stereocenters. The van der Waals surface area contributed by atoms with Crippen molar-refractivity contribution >= 4 is 16.9 Å². The molecule has 0 spiro atoms. The molecule has 0 bridgehead atoms. The van der Waals surface area contributed by atoms with E-state index in [9.17, 15) is 9.59 Å². The van der Waals surface area contributed by atoms with Gasteiger partial charge in [0.15, 0.2) is 5.76 Å². The number of carbonyl (C=O) groups is 1. The van der Waals surface area contributed by atoms with Gasteiger partial charge in [-0.1, -0.05) is 19.0 Å². The molecule has 1 N–H and O–H groups in total. The van der Waals surface area contributed by atoms with E-state index in [-0.39, 0.29) is 23.1 Å². The molecule has 1 aromatic carbocycles. The van der Waals surface area contributed by atoms with Gasteiger partial charge in [0.05, 0.1) is 17.3 Å². The Kier molecular flexibility index (Phi) is 4.94. The largest absolute Gasteiger partial charge is 0.459 e. The van der Waals surface area contributed by atoms with Crippen molar-refractivity contribution in [3.8, 4) is 11.4 Å². The van der Waals surface area contributed by atoms with Crippen LogP contribution in [0.5, 0.6) is 0 Å². The molecule has 0 saturated carbocycles. The lowest BCUT2D eigenvalue weighted by atomic mass is 10.0. The zero-order chi connectivity index (χ0) is 21.4. The van der Waals surface area contributed by atoms with Gasteiger partial charge in [-0.3, -0.25) is 9.59 Å². The van der Waals surface area contributed by atoms with Crippen molar-refractivity contribution in [2.75, 3.05) is 0 Å². The van der Waals surface area contributed by atoms with Gasteiger partial charge in [-0.05, 0) is 43.2 Å². The zero-order valence-corrected chi connectivity index (χ0v) is 17.0. The summed E-state index contributed by atoms with van der Waals surface area (Å²) in [4.78, 5) is 33.3. The van der Waals surface area contributed by atoms with Gasteiger partial charge < -0.3 is 18.8 Å². The van der Waals surface area contributed by atoms with Crippen LogP contribution in [0, 0.1) is 12.8 Å². The molecule has 0 aliphatic carbocycles. The summed E-state index contributed by atoms with van der Waals surface area (Å²) in [6.45, 7) is 5.57. The average molecular weight is 407 g/mol. The monoisotopic (exact) mass is 407 g/mol. The van der Waals surface area contributed by atoms with E-state index in [1.54, 1.807) is 42.8 Å². The molecule has 0 saturated heterocycles. The van der Waals surface area contributed by atoms with Crippen molar-refractivity contribution in [2.24, 2.45) is 13.0 Å². The number of hydrogen-bond acceptors (Lipinski definition) is 7. The quantitative estimate of drug-likeness (QED) is 0.540. The van der Waals surface area contributed by atoms with E-state index in [1.165, 1.54) is 6.26 Å². The van der Waals surface area contributed by atoms with Crippen molar-refractivity contribution in [3.05, 3.63) is 64.3 Å². The Labute approximate surface area is 171 Å². The number of fused-ring (bicyclic) bond motifs is 1. The van der Waals surface area contributed by atoms with Gasteiger partial charge >= 0.3 is 0 Å². The van der Waals surface area contributed by atoms with Gasteiger partial charge in [-0.25, -0.2) is 4.98 Å². The standard InChI is InChI=1S/C21H21N5O4/c1-11(2)17(23-19(27)16-6-5-9-29-16)20-24-18(25-30-20)13-7-8-15-14(10-13)22-12(3)21(28)26(15)4/h5-11,17H,1-4H3,(H,23,27)/t17-/m0/s1. The molecule has 3 aromatic heterocycles. The van der Waals surface area contributed by atoms with Crippen LogP contribution in [0.3, 0.4) is 0 Å². The topological polar surface area (TPSA) is 116 Å². The van der Waals surface area contributed by atoms with Crippen LogP contribution in [0.1, 0.15) is 42.0 Å². The van der Waals surface area contributed by atoms with Crippen molar-refractivity contribution in [1.82, 2.24) is 25.0 Å². The number of benzene rings is 1. The van der Waals surface area contributed by atoms with E-state index in [0.717, 1.165) is 0 Å². The Morgan fingerprint density at radius 3 is 2.70 bits per heavy atom. The highest BCUT2D eigenvalue weighted by molar-refractivity contribution is 5.91. The molecular weight excluding hydrogens is 386 g/mol. The number of aromatic nitrogens is 4. The first-order valence-corrected chi connectivity index (χ1v) is 9.51. The molecule has 4 aromatic rings. The first-order chi connectivity index (χ1) is 14.3. The van der Waals surface area contributed by atoms with E-state index >= 15 is 0 Å². The van der Waals surface area contributed by atoms with E-state index in [1.807, 2.05) is 19.9 Å². The highest BCUT2D eigenvalue weighted by Gasteiger charge is 2.26. The van der Waals surface area contributed by atoms with Crippen LogP contribution >= 0.6 is 0 Å². The van der Waals surface area contributed by atoms with Crippen molar-refractivity contribution in [1.29, 1.82) is 0 Å². The lowest BCUT2D eigenvalue weighted by molar-refractivity contribution is 0.0885. The Morgan fingerprint density at radius 2 is 2.00 bits per heavy atom. The fourth-order valence-corrected chi connectivity index (χ4v) is 3.23. The number of nitrogens with zero attached hydrogens (tertiary/aromatic N) is 4. The maximum absolute atomic E-state index is 12.4.